The monoisotopic (exact) mass is 319 g/mol. The van der Waals surface area contributed by atoms with Crippen LogP contribution < -0.4 is 4.90 Å². The lowest BCUT2D eigenvalue weighted by atomic mass is 10.0. The van der Waals surface area contributed by atoms with Crippen LogP contribution in [-0.2, 0) is 16.3 Å². The van der Waals surface area contributed by atoms with Gasteiger partial charge in [-0.3, -0.25) is 0 Å². The van der Waals surface area contributed by atoms with Gasteiger partial charge in [0.05, 0.1) is 6.61 Å². The van der Waals surface area contributed by atoms with Gasteiger partial charge in [-0.05, 0) is 41.8 Å². The van der Waals surface area contributed by atoms with E-state index in [1.807, 2.05) is 7.05 Å². The maximum absolute atomic E-state index is 9.32. The van der Waals surface area contributed by atoms with Crippen LogP contribution in [0.4, 0.5) is 5.69 Å². The van der Waals surface area contributed by atoms with Crippen LogP contribution in [0.5, 0.6) is 0 Å². The lowest BCUT2D eigenvalue weighted by Gasteiger charge is -2.23. The molecule has 0 saturated carbocycles. The van der Waals surface area contributed by atoms with Crippen molar-refractivity contribution in [2.24, 2.45) is 0 Å². The summed E-state index contributed by atoms with van der Waals surface area (Å²) in [6.45, 7) is 7.49. The first kappa shape index (κ1) is 17.0. The molecular formula is C13H22NO2PS2. The van der Waals surface area contributed by atoms with E-state index in [1.54, 1.807) is 0 Å². The second-order valence-corrected chi connectivity index (χ2v) is 10.1. The minimum absolute atomic E-state index is 0.374. The minimum Gasteiger partial charge on any atom is -0.372 e. The molecule has 1 rings (SSSR count). The molecule has 3 nitrogen and oxygen atoms in total. The fourth-order valence-corrected chi connectivity index (χ4v) is 2.60. The van der Waals surface area contributed by atoms with E-state index < -0.39 is 5.69 Å². The summed E-state index contributed by atoms with van der Waals surface area (Å²) in [4.78, 5) is 11.4. The van der Waals surface area contributed by atoms with Crippen molar-refractivity contribution in [3.8, 4) is 0 Å². The maximum atomic E-state index is 9.32. The summed E-state index contributed by atoms with van der Waals surface area (Å²) < 4.78 is 5.14. The zero-order valence-electron chi connectivity index (χ0n) is 11.8. The molecule has 1 N–H and O–H groups in total. The molecule has 0 heterocycles. The van der Waals surface area contributed by atoms with Gasteiger partial charge >= 0.3 is 0 Å². The van der Waals surface area contributed by atoms with Gasteiger partial charge in [0.15, 0.2) is 0 Å². The Kier molecular flexibility index (Phi) is 6.34. The van der Waals surface area contributed by atoms with Crippen molar-refractivity contribution in [2.75, 3.05) is 25.1 Å². The van der Waals surface area contributed by atoms with Crippen molar-refractivity contribution in [3.05, 3.63) is 29.3 Å². The standard InChI is InChI=1S/C13H22NO2PS2/c1-10(2)12-6-5-11(3)13(9-12)14(4)7-8-16-17(15,18)19/h5-6,9-10H,7-8H2,1-4H3,(H2,15,18,19). The molecule has 0 saturated heterocycles. The Morgan fingerprint density at radius 2 is 2.11 bits per heavy atom. The highest BCUT2D eigenvalue weighted by Gasteiger charge is 2.10. The molecule has 0 aliphatic rings. The van der Waals surface area contributed by atoms with Gasteiger partial charge in [-0.15, -0.1) is 0 Å². The fourth-order valence-electron chi connectivity index (χ4n) is 1.81. The smallest absolute Gasteiger partial charge is 0.241 e. The molecular weight excluding hydrogens is 297 g/mol. The molecule has 0 fully saturated rings. The third-order valence-electron chi connectivity index (χ3n) is 3.00. The van der Waals surface area contributed by atoms with Gasteiger partial charge in [-0.1, -0.05) is 38.2 Å². The summed E-state index contributed by atoms with van der Waals surface area (Å²) in [7, 11) is 2.01. The molecule has 0 aromatic heterocycles. The third-order valence-corrected chi connectivity index (χ3v) is 4.18. The molecule has 6 heteroatoms. The molecule has 108 valence electrons. The lowest BCUT2D eigenvalue weighted by Crippen LogP contribution is -2.23. The SMILES string of the molecule is Cc1ccc(C(C)C)cc1N(C)CCOP(O)(=S)S. The summed E-state index contributed by atoms with van der Waals surface area (Å²) in [6, 6.07) is 6.50. The Labute approximate surface area is 126 Å². The van der Waals surface area contributed by atoms with Crippen molar-refractivity contribution in [1.29, 1.82) is 0 Å². The zero-order valence-corrected chi connectivity index (χ0v) is 14.4. The third kappa shape index (κ3) is 5.84. The summed E-state index contributed by atoms with van der Waals surface area (Å²) in [6.07, 6.45) is 0. The molecule has 0 spiro atoms. The van der Waals surface area contributed by atoms with Crippen molar-refractivity contribution >= 4 is 35.4 Å². The first-order chi connectivity index (χ1) is 8.70. The number of hydrogen-bond acceptors (Lipinski definition) is 3. The predicted octanol–water partition coefficient (Wildman–Crippen LogP) is 3.72. The van der Waals surface area contributed by atoms with Crippen LogP contribution in [0, 0.1) is 6.92 Å². The first-order valence-corrected chi connectivity index (χ1v) is 10.0. The maximum Gasteiger partial charge on any atom is 0.241 e. The fraction of sp³-hybridized carbons (Fsp3) is 0.538. The van der Waals surface area contributed by atoms with Crippen LogP contribution >= 0.6 is 17.9 Å². The van der Waals surface area contributed by atoms with Crippen molar-refractivity contribution in [1.82, 2.24) is 0 Å². The molecule has 0 radical (unpaired) electrons. The second-order valence-electron chi connectivity index (χ2n) is 4.95. The van der Waals surface area contributed by atoms with E-state index in [0.29, 0.717) is 19.1 Å². The van der Waals surface area contributed by atoms with Crippen molar-refractivity contribution in [2.45, 2.75) is 26.7 Å². The predicted molar refractivity (Wildman–Crippen MR) is 90.0 cm³/mol. The molecule has 1 unspecified atom stereocenters. The van der Waals surface area contributed by atoms with E-state index in [-0.39, 0.29) is 0 Å². The number of nitrogens with zero attached hydrogens (tertiary/aromatic N) is 1. The molecule has 0 amide bonds. The number of likely N-dealkylation sites (N-methyl/N-ethyl adjacent to an activating group) is 1. The van der Waals surface area contributed by atoms with Gasteiger partial charge < -0.3 is 14.3 Å². The molecule has 19 heavy (non-hydrogen) atoms. The average Bonchev–Trinajstić information content (AvgIpc) is 2.27. The van der Waals surface area contributed by atoms with Crippen molar-refractivity contribution < 1.29 is 9.42 Å². The van der Waals surface area contributed by atoms with Gasteiger partial charge in [0.2, 0.25) is 5.69 Å². The van der Waals surface area contributed by atoms with E-state index in [4.69, 9.17) is 16.3 Å². The highest BCUT2D eigenvalue weighted by Crippen LogP contribution is 2.46. The second kappa shape index (κ2) is 7.09. The van der Waals surface area contributed by atoms with Gasteiger partial charge in [-0.2, -0.15) is 0 Å². The van der Waals surface area contributed by atoms with Gasteiger partial charge in [0.25, 0.3) is 0 Å². The normalized spacial score (nSPS) is 14.5. The molecule has 1 atom stereocenters. The zero-order chi connectivity index (χ0) is 14.6. The van der Waals surface area contributed by atoms with Gasteiger partial charge in [0, 0.05) is 19.3 Å². The highest BCUT2D eigenvalue weighted by atomic mass is 32.9. The summed E-state index contributed by atoms with van der Waals surface area (Å²) >= 11 is 8.57. The average molecular weight is 319 g/mol. The van der Waals surface area contributed by atoms with Crippen LogP contribution in [0.1, 0.15) is 30.9 Å². The highest BCUT2D eigenvalue weighted by molar-refractivity contribution is 8.59. The number of aryl methyl sites for hydroxylation is 1. The number of hydrogen-bond donors (Lipinski definition) is 2. The van der Waals surface area contributed by atoms with E-state index in [0.717, 1.165) is 0 Å². The van der Waals surface area contributed by atoms with Crippen LogP contribution in [0.2, 0.25) is 0 Å². The van der Waals surface area contributed by atoms with E-state index in [2.05, 4.69) is 56.1 Å². The Morgan fingerprint density at radius 1 is 1.47 bits per heavy atom. The summed E-state index contributed by atoms with van der Waals surface area (Å²) in [5.41, 5.74) is 0.869. The Morgan fingerprint density at radius 3 is 2.63 bits per heavy atom. The summed E-state index contributed by atoms with van der Waals surface area (Å²) in [5, 5.41) is 0. The Bertz CT molecular complexity index is 474. The number of thiol groups is 1. The van der Waals surface area contributed by atoms with Gasteiger partial charge in [-0.25, -0.2) is 0 Å². The lowest BCUT2D eigenvalue weighted by molar-refractivity contribution is 0.328. The van der Waals surface area contributed by atoms with Crippen LogP contribution in [0.15, 0.2) is 18.2 Å². The first-order valence-electron chi connectivity index (χ1n) is 6.22. The molecule has 0 bridgehead atoms. The molecule has 0 aliphatic carbocycles. The minimum atomic E-state index is -2.85. The summed E-state index contributed by atoms with van der Waals surface area (Å²) in [5.74, 6) is 0.505. The Hall–Kier alpha value is -0.0600. The van der Waals surface area contributed by atoms with E-state index >= 15 is 0 Å². The number of rotatable bonds is 6. The molecule has 1 aromatic rings. The quantitative estimate of drug-likeness (QED) is 0.618. The van der Waals surface area contributed by atoms with Crippen LogP contribution in [0.3, 0.4) is 0 Å². The van der Waals surface area contributed by atoms with E-state index in [1.165, 1.54) is 16.8 Å². The van der Waals surface area contributed by atoms with Crippen molar-refractivity contribution in [3.63, 3.8) is 0 Å². The largest absolute Gasteiger partial charge is 0.372 e. The Balaban J connectivity index is 2.73. The number of anilines is 1. The van der Waals surface area contributed by atoms with Gasteiger partial charge in [0.1, 0.15) is 0 Å². The van der Waals surface area contributed by atoms with E-state index in [9.17, 15) is 4.89 Å². The molecule has 0 aliphatic heterocycles. The molecule has 1 aromatic carbocycles. The topological polar surface area (TPSA) is 32.7 Å². The number of benzene rings is 1. The van der Waals surface area contributed by atoms with Crippen LogP contribution in [0.25, 0.3) is 0 Å². The van der Waals surface area contributed by atoms with Crippen LogP contribution in [-0.4, -0.2) is 25.1 Å².